The normalized spacial score (nSPS) is 10.5. The van der Waals surface area contributed by atoms with Crippen LogP contribution in [0, 0.1) is 0 Å². The molecule has 0 aliphatic carbocycles. The van der Waals surface area contributed by atoms with E-state index in [9.17, 15) is 4.79 Å². The zero-order valence-corrected chi connectivity index (χ0v) is 14.8. The van der Waals surface area contributed by atoms with Crippen molar-refractivity contribution in [1.82, 2.24) is 20.0 Å². The lowest BCUT2D eigenvalue weighted by molar-refractivity contribution is -0.130. The maximum atomic E-state index is 12.4. The van der Waals surface area contributed by atoms with Crippen molar-refractivity contribution in [3.8, 4) is 17.1 Å². The molecule has 0 radical (unpaired) electrons. The van der Waals surface area contributed by atoms with Crippen LogP contribution >= 0.6 is 0 Å². The number of hydrogen-bond donors (Lipinski definition) is 0. The molecule has 2 aromatic heterocycles. The minimum atomic E-state index is -0.00275. The molecule has 0 aliphatic rings. The van der Waals surface area contributed by atoms with E-state index in [1.165, 1.54) is 0 Å². The second-order valence-corrected chi connectivity index (χ2v) is 5.82. The molecule has 0 unspecified atom stereocenters. The number of ether oxygens (including phenoxy) is 1. The number of hydrogen-bond acceptors (Lipinski definition) is 6. The number of carbonyl (C=O) groups is 1. The van der Waals surface area contributed by atoms with Gasteiger partial charge in [0, 0.05) is 50.0 Å². The Hall–Kier alpha value is -3.22. The van der Waals surface area contributed by atoms with E-state index in [0.29, 0.717) is 31.1 Å². The summed E-state index contributed by atoms with van der Waals surface area (Å²) in [5, 5.41) is 3.93. The first-order chi connectivity index (χ1) is 12.7. The van der Waals surface area contributed by atoms with Crippen LogP contribution in [-0.2, 0) is 17.8 Å². The summed E-state index contributed by atoms with van der Waals surface area (Å²) in [5.41, 5.74) is 1.74. The van der Waals surface area contributed by atoms with Crippen molar-refractivity contribution in [3.63, 3.8) is 0 Å². The van der Waals surface area contributed by atoms with Gasteiger partial charge in [-0.2, -0.15) is 4.98 Å². The van der Waals surface area contributed by atoms with Gasteiger partial charge in [0.1, 0.15) is 5.75 Å². The molecule has 1 amide bonds. The fourth-order valence-electron chi connectivity index (χ4n) is 2.55. The van der Waals surface area contributed by atoms with Crippen LogP contribution in [0.15, 0.2) is 53.3 Å². The van der Waals surface area contributed by atoms with Crippen LogP contribution in [0.5, 0.6) is 5.75 Å². The molecule has 134 valence electrons. The minimum Gasteiger partial charge on any atom is -0.496 e. The molecule has 0 aliphatic heterocycles. The summed E-state index contributed by atoms with van der Waals surface area (Å²) < 4.78 is 10.5. The monoisotopic (exact) mass is 352 g/mol. The fraction of sp³-hybridized carbons (Fsp3) is 0.263. The SMILES string of the molecule is COc1ccccc1CN(C)C(=O)CCc1nc(-c2cccnc2)no1. The van der Waals surface area contributed by atoms with Crippen molar-refractivity contribution in [2.75, 3.05) is 14.2 Å². The van der Waals surface area contributed by atoms with E-state index in [1.807, 2.05) is 36.4 Å². The lowest BCUT2D eigenvalue weighted by atomic mass is 10.2. The summed E-state index contributed by atoms with van der Waals surface area (Å²) in [6.45, 7) is 0.480. The van der Waals surface area contributed by atoms with Crippen LogP contribution in [0.3, 0.4) is 0 Å². The molecule has 26 heavy (non-hydrogen) atoms. The zero-order chi connectivity index (χ0) is 18.4. The van der Waals surface area contributed by atoms with Crippen LogP contribution in [0.25, 0.3) is 11.4 Å². The van der Waals surface area contributed by atoms with Gasteiger partial charge in [0.05, 0.1) is 7.11 Å². The Kier molecular flexibility index (Phi) is 5.58. The third kappa shape index (κ3) is 4.24. The quantitative estimate of drug-likeness (QED) is 0.650. The van der Waals surface area contributed by atoms with Gasteiger partial charge in [-0.1, -0.05) is 23.4 Å². The Morgan fingerprint density at radius 3 is 2.85 bits per heavy atom. The summed E-state index contributed by atoms with van der Waals surface area (Å²) >= 11 is 0. The molecule has 0 fully saturated rings. The average molecular weight is 352 g/mol. The molecule has 1 aromatic carbocycles. The second-order valence-electron chi connectivity index (χ2n) is 5.82. The smallest absolute Gasteiger partial charge is 0.227 e. The minimum absolute atomic E-state index is 0.00275. The topological polar surface area (TPSA) is 81.4 Å². The van der Waals surface area contributed by atoms with Crippen LogP contribution in [0.4, 0.5) is 0 Å². The molecule has 0 atom stereocenters. The molecule has 7 nitrogen and oxygen atoms in total. The van der Waals surface area contributed by atoms with E-state index in [0.717, 1.165) is 16.9 Å². The lowest BCUT2D eigenvalue weighted by Gasteiger charge is -2.18. The van der Waals surface area contributed by atoms with Crippen molar-refractivity contribution in [2.45, 2.75) is 19.4 Å². The highest BCUT2D eigenvalue weighted by atomic mass is 16.5. The molecular weight excluding hydrogens is 332 g/mol. The Morgan fingerprint density at radius 2 is 2.08 bits per heavy atom. The Balaban J connectivity index is 1.56. The third-order valence-electron chi connectivity index (χ3n) is 3.97. The van der Waals surface area contributed by atoms with Gasteiger partial charge in [0.25, 0.3) is 0 Å². The molecule has 7 heteroatoms. The van der Waals surface area contributed by atoms with E-state index < -0.39 is 0 Å². The van der Waals surface area contributed by atoms with Crippen LogP contribution in [0.2, 0.25) is 0 Å². The summed E-state index contributed by atoms with van der Waals surface area (Å²) in [7, 11) is 3.39. The highest BCUT2D eigenvalue weighted by molar-refractivity contribution is 5.76. The standard InChI is InChI=1S/C19H20N4O3/c1-23(13-15-6-3-4-8-16(15)25-2)18(24)10-9-17-21-19(22-26-17)14-7-5-11-20-12-14/h3-8,11-12H,9-10,13H2,1-2H3. The number of amides is 1. The maximum Gasteiger partial charge on any atom is 0.227 e. The number of pyridine rings is 1. The largest absolute Gasteiger partial charge is 0.496 e. The highest BCUT2D eigenvalue weighted by Gasteiger charge is 2.15. The Labute approximate surface area is 151 Å². The van der Waals surface area contributed by atoms with E-state index in [4.69, 9.17) is 9.26 Å². The lowest BCUT2D eigenvalue weighted by Crippen LogP contribution is -2.26. The molecule has 2 heterocycles. The second kappa shape index (κ2) is 8.24. The predicted molar refractivity (Wildman–Crippen MR) is 95.3 cm³/mol. The predicted octanol–water partition coefficient (Wildman–Crippen LogP) is 2.73. The highest BCUT2D eigenvalue weighted by Crippen LogP contribution is 2.19. The van der Waals surface area contributed by atoms with Crippen LogP contribution in [-0.4, -0.2) is 40.1 Å². The van der Waals surface area contributed by atoms with Crippen molar-refractivity contribution in [2.24, 2.45) is 0 Å². The third-order valence-corrected chi connectivity index (χ3v) is 3.97. The number of methoxy groups -OCH3 is 1. The van der Waals surface area contributed by atoms with Crippen molar-refractivity contribution >= 4 is 5.91 Å². The van der Waals surface area contributed by atoms with E-state index in [-0.39, 0.29) is 5.91 Å². The summed E-state index contributed by atoms with van der Waals surface area (Å²) in [6.07, 6.45) is 4.03. The fourth-order valence-corrected chi connectivity index (χ4v) is 2.55. The van der Waals surface area contributed by atoms with E-state index in [2.05, 4.69) is 15.1 Å². The molecule has 0 spiro atoms. The number of para-hydroxylation sites is 1. The molecule has 0 saturated heterocycles. The van der Waals surface area contributed by atoms with Crippen molar-refractivity contribution < 1.29 is 14.1 Å². The molecule has 0 saturated carbocycles. The first-order valence-electron chi connectivity index (χ1n) is 8.26. The summed E-state index contributed by atoms with van der Waals surface area (Å²) in [4.78, 5) is 22.4. The molecule has 0 N–H and O–H groups in total. The maximum absolute atomic E-state index is 12.4. The first-order valence-corrected chi connectivity index (χ1v) is 8.26. The van der Waals surface area contributed by atoms with Gasteiger partial charge >= 0.3 is 0 Å². The van der Waals surface area contributed by atoms with Gasteiger partial charge in [0.2, 0.25) is 17.6 Å². The number of aryl methyl sites for hydroxylation is 1. The van der Waals surface area contributed by atoms with Gasteiger partial charge < -0.3 is 14.2 Å². The van der Waals surface area contributed by atoms with Crippen LogP contribution in [0.1, 0.15) is 17.9 Å². The number of nitrogens with zero attached hydrogens (tertiary/aromatic N) is 4. The average Bonchev–Trinajstić information content (AvgIpc) is 3.16. The van der Waals surface area contributed by atoms with Crippen molar-refractivity contribution in [3.05, 3.63) is 60.2 Å². The van der Waals surface area contributed by atoms with E-state index in [1.54, 1.807) is 31.5 Å². The summed E-state index contributed by atoms with van der Waals surface area (Å²) in [6, 6.07) is 11.3. The first kappa shape index (κ1) is 17.6. The van der Waals surface area contributed by atoms with Gasteiger partial charge in [0.15, 0.2) is 0 Å². The molecule has 0 bridgehead atoms. The molecule has 3 aromatic rings. The van der Waals surface area contributed by atoms with E-state index >= 15 is 0 Å². The molecule has 3 rings (SSSR count). The number of aromatic nitrogens is 3. The van der Waals surface area contributed by atoms with Gasteiger partial charge in [-0.15, -0.1) is 0 Å². The van der Waals surface area contributed by atoms with Gasteiger partial charge in [-0.3, -0.25) is 9.78 Å². The van der Waals surface area contributed by atoms with Gasteiger partial charge in [-0.25, -0.2) is 0 Å². The number of benzene rings is 1. The van der Waals surface area contributed by atoms with Crippen LogP contribution < -0.4 is 4.74 Å². The van der Waals surface area contributed by atoms with Gasteiger partial charge in [-0.05, 0) is 18.2 Å². The Bertz CT molecular complexity index is 864. The Morgan fingerprint density at radius 1 is 1.23 bits per heavy atom. The van der Waals surface area contributed by atoms with Crippen molar-refractivity contribution in [1.29, 1.82) is 0 Å². The molecular formula is C19H20N4O3. The number of rotatable bonds is 7. The zero-order valence-electron chi connectivity index (χ0n) is 14.8. The summed E-state index contributed by atoms with van der Waals surface area (Å²) in [5.74, 6) is 1.67. The number of carbonyl (C=O) groups excluding carboxylic acids is 1.